The summed E-state index contributed by atoms with van der Waals surface area (Å²) in [5.41, 5.74) is 6.61. The summed E-state index contributed by atoms with van der Waals surface area (Å²) in [6.45, 7) is 3.74. The summed E-state index contributed by atoms with van der Waals surface area (Å²) in [7, 11) is 0. The lowest BCUT2D eigenvalue weighted by molar-refractivity contribution is 0.0972. The van der Waals surface area contributed by atoms with Crippen LogP contribution in [0, 0.1) is 17.2 Å². The lowest BCUT2D eigenvalue weighted by Gasteiger charge is -2.03. The number of carbonyl (C=O) groups is 1. The number of ketones is 1. The molecule has 0 radical (unpaired) electrons. The van der Waals surface area contributed by atoms with Crippen LogP contribution in [0.5, 0.6) is 0 Å². The van der Waals surface area contributed by atoms with Crippen LogP contribution in [0.25, 0.3) is 0 Å². The van der Waals surface area contributed by atoms with Gasteiger partial charge in [-0.3, -0.25) is 4.79 Å². The van der Waals surface area contributed by atoms with Crippen molar-refractivity contribution in [3.8, 4) is 6.07 Å². The number of Topliss-reactive ketones (excluding diaryl/α,β-unsaturated/α-hetero) is 1. The van der Waals surface area contributed by atoms with Gasteiger partial charge < -0.3 is 15.8 Å². The fourth-order valence-electron chi connectivity index (χ4n) is 1.77. The Bertz CT molecular complexity index is 515. The van der Waals surface area contributed by atoms with Crippen LogP contribution in [0.15, 0.2) is 0 Å². The fraction of sp³-hybridized carbons (Fsp3) is 0.538. The third-order valence-electron chi connectivity index (χ3n) is 2.96. The quantitative estimate of drug-likeness (QED) is 0.590. The Morgan fingerprint density at radius 3 is 2.95 bits per heavy atom. The molecule has 0 aliphatic heterocycles. The zero-order valence-corrected chi connectivity index (χ0v) is 11.7. The van der Waals surface area contributed by atoms with Crippen molar-refractivity contribution in [1.29, 1.82) is 5.26 Å². The van der Waals surface area contributed by atoms with Gasteiger partial charge in [0.15, 0.2) is 5.78 Å². The van der Waals surface area contributed by atoms with Crippen molar-refractivity contribution in [3.63, 3.8) is 0 Å². The normalized spacial score (nSPS) is 14.1. The van der Waals surface area contributed by atoms with Gasteiger partial charge in [0.1, 0.15) is 16.6 Å². The number of nitrogen functional groups attached to an aromatic ring is 1. The molecule has 1 aromatic heterocycles. The highest BCUT2D eigenvalue weighted by molar-refractivity contribution is 7.19. The molecule has 6 heteroatoms. The molecule has 2 rings (SSSR count). The van der Waals surface area contributed by atoms with E-state index in [9.17, 15) is 4.79 Å². The van der Waals surface area contributed by atoms with Gasteiger partial charge in [0.2, 0.25) is 0 Å². The summed E-state index contributed by atoms with van der Waals surface area (Å²) in [6, 6.07) is 2.07. The minimum Gasteiger partial charge on any atom is -0.396 e. The second-order valence-corrected chi connectivity index (χ2v) is 5.44. The minimum atomic E-state index is 0.0804. The number of hydrogen-bond donors (Lipinski definition) is 2. The van der Waals surface area contributed by atoms with Crippen molar-refractivity contribution in [3.05, 3.63) is 10.4 Å². The number of anilines is 2. The predicted molar refractivity (Wildman–Crippen MR) is 75.5 cm³/mol. The van der Waals surface area contributed by atoms with E-state index in [4.69, 9.17) is 15.7 Å². The second kappa shape index (κ2) is 6.04. The zero-order chi connectivity index (χ0) is 13.8. The van der Waals surface area contributed by atoms with Crippen LogP contribution >= 0.6 is 11.3 Å². The number of ether oxygens (including phenoxy) is 1. The molecule has 0 saturated heterocycles. The third kappa shape index (κ3) is 3.06. The Morgan fingerprint density at radius 1 is 1.63 bits per heavy atom. The largest absolute Gasteiger partial charge is 0.396 e. The molecule has 0 aromatic carbocycles. The van der Waals surface area contributed by atoms with Crippen molar-refractivity contribution in [2.75, 3.05) is 30.8 Å². The van der Waals surface area contributed by atoms with E-state index in [1.54, 1.807) is 0 Å². The van der Waals surface area contributed by atoms with Gasteiger partial charge in [-0.05, 0) is 19.8 Å². The molecule has 102 valence electrons. The molecule has 0 bridgehead atoms. The molecule has 1 saturated carbocycles. The number of rotatable bonds is 7. The van der Waals surface area contributed by atoms with E-state index in [2.05, 4.69) is 11.4 Å². The first kappa shape index (κ1) is 13.8. The Balaban J connectivity index is 2.11. The summed E-state index contributed by atoms with van der Waals surface area (Å²) < 4.78 is 5.22. The lowest BCUT2D eigenvalue weighted by Crippen LogP contribution is -2.09. The molecule has 3 N–H and O–H groups in total. The first-order valence-electron chi connectivity index (χ1n) is 6.37. The number of thiophene rings is 1. The maximum Gasteiger partial charge on any atom is 0.178 e. The maximum absolute atomic E-state index is 12.1. The zero-order valence-electron chi connectivity index (χ0n) is 10.9. The second-order valence-electron chi connectivity index (χ2n) is 4.42. The van der Waals surface area contributed by atoms with Crippen LogP contribution in [0.1, 0.15) is 35.0 Å². The Labute approximate surface area is 116 Å². The highest BCUT2D eigenvalue weighted by Crippen LogP contribution is 2.41. The van der Waals surface area contributed by atoms with Gasteiger partial charge >= 0.3 is 0 Å². The molecule has 1 aliphatic carbocycles. The molecule has 5 nitrogen and oxygen atoms in total. The first-order valence-corrected chi connectivity index (χ1v) is 7.18. The minimum absolute atomic E-state index is 0.0804. The highest BCUT2D eigenvalue weighted by Gasteiger charge is 2.34. The molecule has 0 amide bonds. The average molecular weight is 279 g/mol. The molecule has 0 unspecified atom stereocenters. The molecule has 1 aliphatic rings. The van der Waals surface area contributed by atoms with E-state index in [-0.39, 0.29) is 11.7 Å². The summed E-state index contributed by atoms with van der Waals surface area (Å²) in [4.78, 5) is 12.6. The van der Waals surface area contributed by atoms with Crippen molar-refractivity contribution in [1.82, 2.24) is 0 Å². The van der Waals surface area contributed by atoms with Gasteiger partial charge in [-0.1, -0.05) is 0 Å². The molecular weight excluding hydrogens is 262 g/mol. The van der Waals surface area contributed by atoms with E-state index >= 15 is 0 Å². The summed E-state index contributed by atoms with van der Waals surface area (Å²) in [5.74, 6) is 0.195. The van der Waals surface area contributed by atoms with Crippen molar-refractivity contribution >= 4 is 27.8 Å². The molecule has 0 atom stereocenters. The number of nitrogens with one attached hydrogen (secondary N) is 1. The highest BCUT2D eigenvalue weighted by atomic mass is 32.1. The first-order chi connectivity index (χ1) is 9.19. The monoisotopic (exact) mass is 279 g/mol. The van der Waals surface area contributed by atoms with Gasteiger partial charge in [0, 0.05) is 19.1 Å². The van der Waals surface area contributed by atoms with Crippen LogP contribution in [0.2, 0.25) is 0 Å². The van der Waals surface area contributed by atoms with E-state index in [0.717, 1.165) is 12.8 Å². The predicted octanol–water partition coefficient (Wildman–Crippen LogP) is 2.24. The van der Waals surface area contributed by atoms with Gasteiger partial charge in [-0.15, -0.1) is 11.3 Å². The molecule has 19 heavy (non-hydrogen) atoms. The van der Waals surface area contributed by atoms with E-state index in [1.165, 1.54) is 11.3 Å². The van der Waals surface area contributed by atoms with Crippen molar-refractivity contribution in [2.24, 2.45) is 5.92 Å². The summed E-state index contributed by atoms with van der Waals surface area (Å²) >= 11 is 1.28. The number of nitrogens with zero attached hydrogens (tertiary/aromatic N) is 1. The van der Waals surface area contributed by atoms with Crippen LogP contribution in [0.4, 0.5) is 10.7 Å². The third-order valence-corrected chi connectivity index (χ3v) is 4.14. The van der Waals surface area contributed by atoms with Crippen LogP contribution < -0.4 is 11.1 Å². The number of nitriles is 1. The molecule has 1 fully saturated rings. The average Bonchev–Trinajstić information content (AvgIpc) is 3.19. The van der Waals surface area contributed by atoms with E-state index < -0.39 is 0 Å². The number of carbonyl (C=O) groups excluding carboxylic acids is 1. The van der Waals surface area contributed by atoms with Crippen LogP contribution in [0.3, 0.4) is 0 Å². The topological polar surface area (TPSA) is 88.1 Å². The van der Waals surface area contributed by atoms with Crippen molar-refractivity contribution < 1.29 is 9.53 Å². The standard InChI is InChI=1S/C13H17N3O2S/c1-2-18-6-5-16-13-9(7-14)10(15)12(19-13)11(17)8-3-4-8/h8,16H,2-6,15H2,1H3. The van der Waals surface area contributed by atoms with E-state index in [0.29, 0.717) is 40.9 Å². The van der Waals surface area contributed by atoms with Crippen LogP contribution in [-0.2, 0) is 4.74 Å². The van der Waals surface area contributed by atoms with Gasteiger partial charge in [0.05, 0.1) is 17.2 Å². The molecular formula is C13H17N3O2S. The summed E-state index contributed by atoms with van der Waals surface area (Å²) in [6.07, 6.45) is 1.87. The number of hydrogen-bond acceptors (Lipinski definition) is 6. The van der Waals surface area contributed by atoms with Crippen molar-refractivity contribution in [2.45, 2.75) is 19.8 Å². The summed E-state index contributed by atoms with van der Waals surface area (Å²) in [5, 5.41) is 12.9. The SMILES string of the molecule is CCOCCNc1sc(C(=O)C2CC2)c(N)c1C#N. The van der Waals surface area contributed by atoms with Crippen LogP contribution in [-0.4, -0.2) is 25.5 Å². The Morgan fingerprint density at radius 2 is 2.37 bits per heavy atom. The maximum atomic E-state index is 12.1. The van der Waals surface area contributed by atoms with Gasteiger partial charge in [0.25, 0.3) is 0 Å². The Kier molecular flexibility index (Phi) is 4.40. The van der Waals surface area contributed by atoms with Gasteiger partial charge in [-0.2, -0.15) is 5.26 Å². The molecule has 1 heterocycles. The lowest BCUT2D eigenvalue weighted by atomic mass is 10.1. The van der Waals surface area contributed by atoms with E-state index in [1.807, 2.05) is 6.92 Å². The molecule has 1 aromatic rings. The smallest absolute Gasteiger partial charge is 0.178 e. The molecule has 0 spiro atoms. The fourth-order valence-corrected chi connectivity index (χ4v) is 2.89. The van der Waals surface area contributed by atoms with Gasteiger partial charge in [-0.25, -0.2) is 0 Å². The Hall–Kier alpha value is -1.58. The number of nitrogens with two attached hydrogens (primary N) is 1.